The molecule has 106 valence electrons. The number of aryl methyl sites for hydroxylation is 1. The predicted molar refractivity (Wildman–Crippen MR) is 61.7 cm³/mol. The van der Waals surface area contributed by atoms with Crippen LogP contribution in [-0.4, -0.2) is 41.2 Å². The van der Waals surface area contributed by atoms with Gasteiger partial charge < -0.3 is 10.4 Å². The number of carboxylic acids is 1. The van der Waals surface area contributed by atoms with E-state index in [2.05, 4.69) is 4.37 Å². The van der Waals surface area contributed by atoms with Gasteiger partial charge in [0.1, 0.15) is 17.1 Å². The van der Waals surface area contributed by atoms with E-state index in [9.17, 15) is 22.8 Å². The smallest absolute Gasteiger partial charge is 0.405 e. The summed E-state index contributed by atoms with van der Waals surface area (Å²) in [6.07, 6.45) is -4.53. The van der Waals surface area contributed by atoms with Gasteiger partial charge in [0, 0.05) is 7.05 Å². The number of aromatic carboxylic acids is 1. The Bertz CT molecular complexity index is 501. The Balaban J connectivity index is 2.86. The van der Waals surface area contributed by atoms with Crippen LogP contribution in [0, 0.1) is 6.92 Å². The molecule has 6 nitrogen and oxygen atoms in total. The molecule has 0 aliphatic heterocycles. The summed E-state index contributed by atoms with van der Waals surface area (Å²) in [5.41, 5.74) is -0.00219. The Morgan fingerprint density at radius 3 is 2.53 bits per heavy atom. The minimum atomic E-state index is -4.53. The number of alkyl halides is 3. The molecule has 2 amide bonds. The number of anilines is 1. The fraction of sp³-hybridized carbons (Fsp3) is 0.444. The van der Waals surface area contributed by atoms with Crippen LogP contribution in [0.1, 0.15) is 16.1 Å². The third kappa shape index (κ3) is 3.81. The summed E-state index contributed by atoms with van der Waals surface area (Å²) < 4.78 is 39.6. The van der Waals surface area contributed by atoms with E-state index in [4.69, 9.17) is 5.11 Å². The Morgan fingerprint density at radius 1 is 1.47 bits per heavy atom. The van der Waals surface area contributed by atoms with Gasteiger partial charge in [-0.3, -0.25) is 4.90 Å². The molecule has 1 rings (SSSR count). The highest BCUT2D eigenvalue weighted by atomic mass is 32.1. The highest BCUT2D eigenvalue weighted by Crippen LogP contribution is 2.27. The first-order chi connectivity index (χ1) is 8.63. The number of aromatic nitrogens is 1. The van der Waals surface area contributed by atoms with Gasteiger partial charge in [-0.1, -0.05) is 0 Å². The van der Waals surface area contributed by atoms with Crippen molar-refractivity contribution >= 4 is 28.5 Å². The average molecular weight is 297 g/mol. The van der Waals surface area contributed by atoms with Crippen molar-refractivity contribution in [1.29, 1.82) is 0 Å². The number of carbonyl (C=O) groups is 2. The van der Waals surface area contributed by atoms with Crippen molar-refractivity contribution in [2.45, 2.75) is 13.1 Å². The molecule has 0 aliphatic carbocycles. The highest BCUT2D eigenvalue weighted by Gasteiger charge is 2.30. The molecule has 1 aromatic heterocycles. The van der Waals surface area contributed by atoms with Crippen molar-refractivity contribution in [3.8, 4) is 0 Å². The molecule has 0 aliphatic rings. The van der Waals surface area contributed by atoms with Crippen LogP contribution in [0.15, 0.2) is 0 Å². The maximum atomic E-state index is 12.0. The number of urea groups is 1. The van der Waals surface area contributed by atoms with Crippen LogP contribution in [0.5, 0.6) is 0 Å². The topological polar surface area (TPSA) is 82.5 Å². The van der Waals surface area contributed by atoms with Crippen LogP contribution in [-0.2, 0) is 0 Å². The third-order valence-corrected chi connectivity index (χ3v) is 3.12. The van der Waals surface area contributed by atoms with Crippen molar-refractivity contribution < 1.29 is 27.9 Å². The average Bonchev–Trinajstić information content (AvgIpc) is 2.66. The summed E-state index contributed by atoms with van der Waals surface area (Å²) >= 11 is 0.727. The number of amides is 2. The molecule has 0 radical (unpaired) electrons. The van der Waals surface area contributed by atoms with Crippen LogP contribution < -0.4 is 10.2 Å². The molecule has 1 aromatic rings. The fourth-order valence-electron chi connectivity index (χ4n) is 1.22. The largest absolute Gasteiger partial charge is 0.478 e. The summed E-state index contributed by atoms with van der Waals surface area (Å²) in [4.78, 5) is 23.2. The van der Waals surface area contributed by atoms with Crippen molar-refractivity contribution in [3.05, 3.63) is 11.3 Å². The normalized spacial score (nSPS) is 11.2. The number of halogens is 3. The summed E-state index contributed by atoms with van der Waals surface area (Å²) in [5, 5.41) is 10.6. The van der Waals surface area contributed by atoms with E-state index in [0.717, 1.165) is 16.4 Å². The first kappa shape index (κ1) is 15.2. The lowest BCUT2D eigenvalue weighted by Crippen LogP contribution is -2.42. The van der Waals surface area contributed by atoms with E-state index in [1.165, 1.54) is 14.0 Å². The molecule has 19 heavy (non-hydrogen) atoms. The van der Waals surface area contributed by atoms with E-state index in [1.807, 2.05) is 0 Å². The molecule has 10 heteroatoms. The molecule has 0 spiro atoms. The van der Waals surface area contributed by atoms with Gasteiger partial charge in [0.15, 0.2) is 0 Å². The number of hydrogen-bond donors (Lipinski definition) is 2. The van der Waals surface area contributed by atoms with Crippen molar-refractivity contribution in [2.75, 3.05) is 18.5 Å². The van der Waals surface area contributed by atoms with E-state index in [-0.39, 0.29) is 16.3 Å². The van der Waals surface area contributed by atoms with E-state index in [1.54, 1.807) is 5.32 Å². The molecule has 0 unspecified atom stereocenters. The van der Waals surface area contributed by atoms with Gasteiger partial charge in [0.25, 0.3) is 0 Å². The van der Waals surface area contributed by atoms with E-state index < -0.39 is 24.7 Å². The lowest BCUT2D eigenvalue weighted by atomic mass is 10.2. The lowest BCUT2D eigenvalue weighted by molar-refractivity contribution is -0.122. The second-order valence-electron chi connectivity index (χ2n) is 3.59. The van der Waals surface area contributed by atoms with Gasteiger partial charge in [0.05, 0.1) is 5.69 Å². The molecule has 0 fully saturated rings. The first-order valence-corrected chi connectivity index (χ1v) is 5.68. The number of hydrogen-bond acceptors (Lipinski definition) is 4. The highest BCUT2D eigenvalue weighted by molar-refractivity contribution is 7.11. The maximum absolute atomic E-state index is 12.0. The van der Waals surface area contributed by atoms with Gasteiger partial charge >= 0.3 is 18.2 Å². The quantitative estimate of drug-likeness (QED) is 0.892. The zero-order valence-electron chi connectivity index (χ0n) is 9.91. The maximum Gasteiger partial charge on any atom is 0.405 e. The number of nitrogens with zero attached hydrogens (tertiary/aromatic N) is 2. The van der Waals surface area contributed by atoms with Crippen molar-refractivity contribution in [2.24, 2.45) is 0 Å². The van der Waals surface area contributed by atoms with Gasteiger partial charge in [-0.05, 0) is 18.5 Å². The fourth-order valence-corrected chi connectivity index (χ4v) is 2.07. The van der Waals surface area contributed by atoms with E-state index in [0.29, 0.717) is 0 Å². The summed E-state index contributed by atoms with van der Waals surface area (Å²) in [6, 6.07) is -1.05. The molecular weight excluding hydrogens is 287 g/mol. The predicted octanol–water partition coefficient (Wildman–Crippen LogP) is 1.86. The number of carbonyl (C=O) groups excluding carboxylic acids is 1. The van der Waals surface area contributed by atoms with Crippen molar-refractivity contribution in [1.82, 2.24) is 9.69 Å². The van der Waals surface area contributed by atoms with Gasteiger partial charge in [0.2, 0.25) is 0 Å². The second-order valence-corrected chi connectivity index (χ2v) is 4.34. The summed E-state index contributed by atoms with van der Waals surface area (Å²) in [5.74, 6) is -1.29. The minimum Gasteiger partial charge on any atom is -0.478 e. The lowest BCUT2D eigenvalue weighted by Gasteiger charge is -2.17. The molecule has 0 bridgehead atoms. The summed E-state index contributed by atoms with van der Waals surface area (Å²) in [7, 11) is 1.17. The Labute approximate surface area is 110 Å². The first-order valence-electron chi connectivity index (χ1n) is 4.91. The third-order valence-electron chi connectivity index (χ3n) is 2.11. The molecule has 0 aromatic carbocycles. The van der Waals surface area contributed by atoms with Crippen LogP contribution in [0.25, 0.3) is 0 Å². The standard InChI is InChI=1S/C9H10F3N3O3S/c1-4-5(7(16)17)6(19-14-4)15(2)8(18)13-3-9(10,11)12/h3H2,1-2H3,(H,13,18)(H,16,17). The minimum absolute atomic E-state index is 0.0234. The molecular formula is C9H10F3N3O3S. The Morgan fingerprint density at radius 2 is 2.05 bits per heavy atom. The van der Waals surface area contributed by atoms with Crippen LogP contribution in [0.2, 0.25) is 0 Å². The van der Waals surface area contributed by atoms with Crippen LogP contribution in [0.4, 0.5) is 23.0 Å². The van der Waals surface area contributed by atoms with Crippen LogP contribution >= 0.6 is 11.5 Å². The van der Waals surface area contributed by atoms with Crippen molar-refractivity contribution in [3.63, 3.8) is 0 Å². The Hall–Kier alpha value is -1.84. The molecule has 0 saturated heterocycles. The zero-order valence-corrected chi connectivity index (χ0v) is 10.7. The monoisotopic (exact) mass is 297 g/mol. The summed E-state index contributed by atoms with van der Waals surface area (Å²) in [6.45, 7) is -0.0543. The Kier molecular flexibility index (Phi) is 4.35. The molecule has 0 saturated carbocycles. The SMILES string of the molecule is Cc1nsc(N(C)C(=O)NCC(F)(F)F)c1C(=O)O. The second kappa shape index (κ2) is 5.43. The molecule has 2 N–H and O–H groups in total. The van der Waals surface area contributed by atoms with Gasteiger partial charge in [-0.15, -0.1) is 0 Å². The molecule has 1 heterocycles. The molecule has 0 atom stereocenters. The van der Waals surface area contributed by atoms with E-state index >= 15 is 0 Å². The number of rotatable bonds is 3. The number of nitrogens with one attached hydrogen (secondary N) is 1. The van der Waals surface area contributed by atoms with Crippen LogP contribution in [0.3, 0.4) is 0 Å². The zero-order chi connectivity index (χ0) is 14.8. The number of carboxylic acid groups (broad SMARTS) is 1. The van der Waals surface area contributed by atoms with Gasteiger partial charge in [-0.2, -0.15) is 17.5 Å². The van der Waals surface area contributed by atoms with Gasteiger partial charge in [-0.25, -0.2) is 9.59 Å².